The van der Waals surface area contributed by atoms with Crippen LogP contribution in [0.15, 0.2) is 45.3 Å². The highest BCUT2D eigenvalue weighted by Gasteiger charge is 2.22. The van der Waals surface area contributed by atoms with Crippen molar-refractivity contribution in [2.24, 2.45) is 0 Å². The van der Waals surface area contributed by atoms with E-state index in [9.17, 15) is 9.59 Å². The number of amides is 2. The SMILES string of the molecule is Cc1cc(-c2cc(C(=O)NCc3cccc(N4CCCCC4=O)c3)c3c(C)noc3n2)c(C)o1. The topological polar surface area (TPSA) is 101 Å². The van der Waals surface area contributed by atoms with Crippen LogP contribution in [0.4, 0.5) is 5.69 Å². The van der Waals surface area contributed by atoms with E-state index in [0.29, 0.717) is 41.0 Å². The van der Waals surface area contributed by atoms with Gasteiger partial charge in [-0.2, -0.15) is 0 Å². The molecule has 1 fully saturated rings. The summed E-state index contributed by atoms with van der Waals surface area (Å²) < 4.78 is 11.0. The van der Waals surface area contributed by atoms with Crippen LogP contribution in [0.1, 0.15) is 52.4 Å². The second kappa shape index (κ2) is 8.78. The third kappa shape index (κ3) is 4.07. The van der Waals surface area contributed by atoms with Crippen molar-refractivity contribution in [1.29, 1.82) is 0 Å². The largest absolute Gasteiger partial charge is 0.466 e. The van der Waals surface area contributed by atoms with Crippen molar-refractivity contribution in [3.63, 3.8) is 0 Å². The summed E-state index contributed by atoms with van der Waals surface area (Å²) in [5, 5.41) is 7.60. The van der Waals surface area contributed by atoms with Crippen LogP contribution in [0, 0.1) is 20.8 Å². The van der Waals surface area contributed by atoms with Gasteiger partial charge in [0, 0.05) is 30.8 Å². The molecule has 4 aromatic rings. The molecule has 1 saturated heterocycles. The molecular weight excluding hydrogens is 432 g/mol. The van der Waals surface area contributed by atoms with E-state index in [-0.39, 0.29) is 11.8 Å². The number of rotatable bonds is 5. The van der Waals surface area contributed by atoms with Crippen molar-refractivity contribution in [1.82, 2.24) is 15.5 Å². The number of benzene rings is 1. The number of aryl methyl sites for hydroxylation is 3. The molecular formula is C26H26N4O4. The molecule has 1 aliphatic rings. The molecule has 1 aromatic carbocycles. The Kier molecular flexibility index (Phi) is 5.65. The molecule has 1 aliphatic heterocycles. The van der Waals surface area contributed by atoms with Gasteiger partial charge in [0.05, 0.1) is 22.3 Å². The van der Waals surface area contributed by atoms with E-state index >= 15 is 0 Å². The van der Waals surface area contributed by atoms with E-state index in [4.69, 9.17) is 8.94 Å². The zero-order valence-corrected chi connectivity index (χ0v) is 19.5. The lowest BCUT2D eigenvalue weighted by Crippen LogP contribution is -2.35. The first-order chi connectivity index (χ1) is 16.4. The van der Waals surface area contributed by atoms with Gasteiger partial charge in [-0.3, -0.25) is 9.59 Å². The second-order valence-corrected chi connectivity index (χ2v) is 8.69. The van der Waals surface area contributed by atoms with Crippen LogP contribution in [-0.2, 0) is 11.3 Å². The molecule has 0 spiro atoms. The average Bonchev–Trinajstić information content (AvgIpc) is 3.38. The van der Waals surface area contributed by atoms with Gasteiger partial charge in [-0.25, -0.2) is 4.98 Å². The summed E-state index contributed by atoms with van der Waals surface area (Å²) in [6.07, 6.45) is 2.52. The Morgan fingerprint density at radius 1 is 1.15 bits per heavy atom. The van der Waals surface area contributed by atoms with Crippen molar-refractivity contribution in [2.45, 2.75) is 46.6 Å². The Hall–Kier alpha value is -3.94. The smallest absolute Gasteiger partial charge is 0.259 e. The summed E-state index contributed by atoms with van der Waals surface area (Å²) in [4.78, 5) is 32.0. The Morgan fingerprint density at radius 2 is 2.00 bits per heavy atom. The van der Waals surface area contributed by atoms with Gasteiger partial charge in [0.15, 0.2) is 0 Å². The van der Waals surface area contributed by atoms with Crippen molar-refractivity contribution in [3.8, 4) is 11.3 Å². The van der Waals surface area contributed by atoms with Crippen LogP contribution >= 0.6 is 0 Å². The van der Waals surface area contributed by atoms with E-state index < -0.39 is 0 Å². The molecule has 0 atom stereocenters. The number of nitrogens with one attached hydrogen (secondary N) is 1. The number of hydrogen-bond acceptors (Lipinski definition) is 6. The maximum absolute atomic E-state index is 13.3. The first-order valence-electron chi connectivity index (χ1n) is 11.4. The zero-order valence-electron chi connectivity index (χ0n) is 19.5. The Labute approximate surface area is 196 Å². The number of aromatic nitrogens is 2. The summed E-state index contributed by atoms with van der Waals surface area (Å²) in [5.41, 5.74) is 4.53. The third-order valence-corrected chi connectivity index (χ3v) is 6.18. The van der Waals surface area contributed by atoms with Gasteiger partial charge in [0.1, 0.15) is 11.5 Å². The predicted molar refractivity (Wildman–Crippen MR) is 128 cm³/mol. The average molecular weight is 459 g/mol. The number of nitrogens with zero attached hydrogens (tertiary/aromatic N) is 3. The van der Waals surface area contributed by atoms with Crippen LogP contribution in [0.5, 0.6) is 0 Å². The maximum Gasteiger partial charge on any atom is 0.259 e. The molecule has 0 bridgehead atoms. The van der Waals surface area contributed by atoms with Gasteiger partial charge in [-0.15, -0.1) is 0 Å². The number of pyridine rings is 1. The number of furan rings is 1. The lowest BCUT2D eigenvalue weighted by Gasteiger charge is -2.27. The minimum atomic E-state index is -0.253. The number of carbonyl (C=O) groups excluding carboxylic acids is 2. The van der Waals surface area contributed by atoms with E-state index in [1.807, 2.05) is 49.1 Å². The van der Waals surface area contributed by atoms with Gasteiger partial charge in [-0.1, -0.05) is 17.3 Å². The summed E-state index contributed by atoms with van der Waals surface area (Å²) in [6, 6.07) is 11.4. The van der Waals surface area contributed by atoms with Crippen molar-refractivity contribution in [3.05, 3.63) is 64.7 Å². The van der Waals surface area contributed by atoms with E-state index in [1.54, 1.807) is 13.0 Å². The number of piperidine rings is 1. The molecule has 0 unspecified atom stereocenters. The fourth-order valence-electron chi connectivity index (χ4n) is 4.49. The van der Waals surface area contributed by atoms with Crippen molar-refractivity contribution in [2.75, 3.05) is 11.4 Å². The molecule has 0 aliphatic carbocycles. The standard InChI is InChI=1S/C26H26N4O4/c1-15-11-20(17(3)33-15)22-13-21(24-16(2)29-34-26(24)28-22)25(32)27-14-18-7-6-8-19(12-18)30-10-5-4-9-23(30)31/h6-8,11-13H,4-5,9-10,14H2,1-3H3,(H,27,32). The Morgan fingerprint density at radius 3 is 2.76 bits per heavy atom. The van der Waals surface area contributed by atoms with Crippen LogP contribution in [-0.4, -0.2) is 28.5 Å². The highest BCUT2D eigenvalue weighted by molar-refractivity contribution is 6.07. The maximum atomic E-state index is 13.3. The van der Waals surface area contributed by atoms with Gasteiger partial charge in [-0.05, 0) is 63.4 Å². The highest BCUT2D eigenvalue weighted by atomic mass is 16.5. The molecule has 3 aromatic heterocycles. The van der Waals surface area contributed by atoms with Gasteiger partial charge >= 0.3 is 0 Å². The minimum Gasteiger partial charge on any atom is -0.466 e. The second-order valence-electron chi connectivity index (χ2n) is 8.69. The first kappa shape index (κ1) is 21.9. The highest BCUT2D eigenvalue weighted by Crippen LogP contribution is 2.30. The Bertz CT molecular complexity index is 1400. The van der Waals surface area contributed by atoms with Crippen LogP contribution in [0.2, 0.25) is 0 Å². The number of hydrogen-bond donors (Lipinski definition) is 1. The predicted octanol–water partition coefficient (Wildman–Crippen LogP) is 4.85. The van der Waals surface area contributed by atoms with Crippen LogP contribution in [0.3, 0.4) is 0 Å². The van der Waals surface area contributed by atoms with Crippen LogP contribution < -0.4 is 10.2 Å². The quantitative estimate of drug-likeness (QED) is 0.459. The number of fused-ring (bicyclic) bond motifs is 1. The molecule has 34 heavy (non-hydrogen) atoms. The molecule has 1 N–H and O–H groups in total. The van der Waals surface area contributed by atoms with Crippen molar-refractivity contribution >= 4 is 28.6 Å². The Balaban J connectivity index is 1.42. The molecule has 0 radical (unpaired) electrons. The van der Waals surface area contributed by atoms with E-state index in [1.165, 1.54) is 0 Å². The first-order valence-corrected chi connectivity index (χ1v) is 11.4. The van der Waals surface area contributed by atoms with E-state index in [2.05, 4.69) is 15.5 Å². The summed E-state index contributed by atoms with van der Waals surface area (Å²) in [7, 11) is 0. The molecule has 0 saturated carbocycles. The summed E-state index contributed by atoms with van der Waals surface area (Å²) >= 11 is 0. The van der Waals surface area contributed by atoms with Gasteiger partial charge < -0.3 is 19.2 Å². The molecule has 174 valence electrons. The van der Waals surface area contributed by atoms with Gasteiger partial charge in [0.2, 0.25) is 5.91 Å². The fraction of sp³-hybridized carbons (Fsp3) is 0.308. The van der Waals surface area contributed by atoms with E-state index in [0.717, 1.165) is 47.7 Å². The number of carbonyl (C=O) groups is 2. The fourth-order valence-corrected chi connectivity index (χ4v) is 4.49. The third-order valence-electron chi connectivity index (χ3n) is 6.18. The lowest BCUT2D eigenvalue weighted by molar-refractivity contribution is -0.119. The zero-order chi connectivity index (χ0) is 23.8. The van der Waals surface area contributed by atoms with Crippen LogP contribution in [0.25, 0.3) is 22.4 Å². The summed E-state index contributed by atoms with van der Waals surface area (Å²) in [5.74, 6) is 1.38. The molecule has 4 heterocycles. The molecule has 2 amide bonds. The summed E-state index contributed by atoms with van der Waals surface area (Å²) in [6.45, 7) is 6.57. The van der Waals surface area contributed by atoms with Gasteiger partial charge in [0.25, 0.3) is 11.6 Å². The minimum absolute atomic E-state index is 0.145. The normalized spacial score (nSPS) is 14.1. The monoisotopic (exact) mass is 458 g/mol. The lowest BCUT2D eigenvalue weighted by atomic mass is 10.0. The number of anilines is 1. The molecule has 8 heteroatoms. The molecule has 8 nitrogen and oxygen atoms in total. The van der Waals surface area contributed by atoms with Crippen molar-refractivity contribution < 1.29 is 18.5 Å². The molecule has 5 rings (SSSR count).